The number of hydrogen-bond acceptors (Lipinski definition) is 5. The van der Waals surface area contributed by atoms with Crippen molar-refractivity contribution in [3.63, 3.8) is 0 Å². The number of nitrogens with zero attached hydrogens (tertiary/aromatic N) is 3. The first kappa shape index (κ1) is 31.2. The highest BCUT2D eigenvalue weighted by Gasteiger charge is 2.09. The summed E-state index contributed by atoms with van der Waals surface area (Å²) in [6.45, 7) is 21.6. The molecule has 0 aromatic heterocycles. The lowest BCUT2D eigenvalue weighted by molar-refractivity contribution is -0.384. The van der Waals surface area contributed by atoms with E-state index in [1.165, 1.54) is 19.1 Å². The zero-order chi connectivity index (χ0) is 25.1. The molecule has 2 aromatic rings. The molecule has 0 spiro atoms. The quantitative estimate of drug-likeness (QED) is 0.143. The van der Waals surface area contributed by atoms with E-state index in [1.54, 1.807) is 25.1 Å². The Kier molecular flexibility index (Phi) is 18.3. The van der Waals surface area contributed by atoms with E-state index in [1.807, 2.05) is 19.9 Å². The van der Waals surface area contributed by atoms with Crippen LogP contribution in [0.2, 0.25) is 0 Å². The van der Waals surface area contributed by atoms with E-state index in [-0.39, 0.29) is 18.2 Å². The maximum absolute atomic E-state index is 10.3. The fourth-order valence-electron chi connectivity index (χ4n) is 1.84. The predicted octanol–water partition coefficient (Wildman–Crippen LogP) is 6.82. The molecule has 0 aliphatic carbocycles. The van der Waals surface area contributed by atoms with Crippen molar-refractivity contribution in [2.24, 2.45) is 0 Å². The van der Waals surface area contributed by atoms with Gasteiger partial charge in [-0.05, 0) is 47.1 Å². The fourth-order valence-corrected chi connectivity index (χ4v) is 2.86. The van der Waals surface area contributed by atoms with Crippen molar-refractivity contribution in [3.05, 3.63) is 89.4 Å². The largest absolute Gasteiger partial charge is 0.466 e. The Labute approximate surface area is 205 Å². The van der Waals surface area contributed by atoms with Gasteiger partial charge in [-0.15, -0.1) is 0 Å². The minimum Gasteiger partial charge on any atom is -0.466 e. The van der Waals surface area contributed by atoms with E-state index < -0.39 is 4.92 Å². The normalized spacial score (nSPS) is 8.50. The molecule has 8 nitrogen and oxygen atoms in total. The van der Waals surface area contributed by atoms with Crippen LogP contribution in [0.3, 0.4) is 0 Å². The average molecular weight is 570 g/mol. The molecular formula is C22H26Br2N4O4. The zero-order valence-electron chi connectivity index (χ0n) is 18.4. The average Bonchev–Trinajstić information content (AvgIpc) is 2.74. The van der Waals surface area contributed by atoms with Gasteiger partial charge < -0.3 is 20.2 Å². The summed E-state index contributed by atoms with van der Waals surface area (Å²) in [6, 6.07) is 9.84. The molecular weight excluding hydrogens is 544 g/mol. The van der Waals surface area contributed by atoms with E-state index in [4.69, 9.17) is 18.9 Å². The van der Waals surface area contributed by atoms with Crippen molar-refractivity contribution in [1.82, 2.24) is 0 Å². The lowest BCUT2D eigenvalue weighted by Crippen LogP contribution is -1.95. The summed E-state index contributed by atoms with van der Waals surface area (Å²) in [6.07, 6.45) is 0. The molecule has 0 aliphatic rings. The highest BCUT2D eigenvalue weighted by Crippen LogP contribution is 2.23. The zero-order valence-corrected chi connectivity index (χ0v) is 21.6. The summed E-state index contributed by atoms with van der Waals surface area (Å²) in [5.74, 6) is -0.211. The number of halogens is 2. The van der Waals surface area contributed by atoms with Crippen molar-refractivity contribution in [1.29, 1.82) is 0 Å². The topological polar surface area (TPSA) is 104 Å². The number of nitrogen functional groups attached to an aromatic ring is 1. The molecule has 10 heteroatoms. The monoisotopic (exact) mass is 568 g/mol. The Bertz CT molecular complexity index is 954. The van der Waals surface area contributed by atoms with Gasteiger partial charge in [0.1, 0.15) is 0 Å². The number of rotatable bonds is 4. The Morgan fingerprint density at radius 3 is 1.84 bits per heavy atom. The molecule has 0 amide bonds. The molecule has 2 aromatic carbocycles. The number of ether oxygens (including phenoxy) is 1. The van der Waals surface area contributed by atoms with Crippen LogP contribution in [0.1, 0.15) is 38.8 Å². The number of nitro benzene ring substituents is 1. The minimum absolute atomic E-state index is 0.0283. The van der Waals surface area contributed by atoms with Crippen LogP contribution in [0.25, 0.3) is 9.69 Å². The van der Waals surface area contributed by atoms with Gasteiger partial charge in [0.25, 0.3) is 5.69 Å². The second-order valence-corrected chi connectivity index (χ2v) is 7.15. The summed E-state index contributed by atoms with van der Waals surface area (Å²) < 4.78 is 5.92. The number of nitrogens with two attached hydrogens (primary N) is 1. The van der Waals surface area contributed by atoms with Crippen LogP contribution in [0, 0.1) is 23.3 Å². The lowest BCUT2D eigenvalue weighted by Gasteiger charge is -1.97. The molecule has 32 heavy (non-hydrogen) atoms. The Hall–Kier alpha value is -2.95. The van der Waals surface area contributed by atoms with Crippen LogP contribution in [0.15, 0.2) is 45.3 Å². The first-order valence-corrected chi connectivity index (χ1v) is 11.0. The van der Waals surface area contributed by atoms with Crippen LogP contribution in [0.4, 0.5) is 11.4 Å². The van der Waals surface area contributed by atoms with E-state index >= 15 is 0 Å². The summed E-state index contributed by atoms with van der Waals surface area (Å²) in [5, 5.41) is 10.3. The van der Waals surface area contributed by atoms with E-state index in [0.29, 0.717) is 23.3 Å². The molecule has 172 valence electrons. The molecule has 0 bridgehead atoms. The molecule has 0 atom stereocenters. The number of non-ortho nitro benzene ring substituents is 1. The van der Waals surface area contributed by atoms with Crippen LogP contribution >= 0.6 is 31.9 Å². The molecule has 0 fully saturated rings. The second kappa shape index (κ2) is 18.8. The van der Waals surface area contributed by atoms with Gasteiger partial charge in [0.15, 0.2) is 0 Å². The van der Waals surface area contributed by atoms with Crippen LogP contribution in [-0.4, -0.2) is 17.5 Å². The predicted molar refractivity (Wildman–Crippen MR) is 134 cm³/mol. The molecule has 0 aliphatic heterocycles. The van der Waals surface area contributed by atoms with Gasteiger partial charge >= 0.3 is 5.97 Å². The summed E-state index contributed by atoms with van der Waals surface area (Å²) in [5.41, 5.74) is 8.00. The number of nitro groups is 1. The second-order valence-electron chi connectivity index (χ2n) is 5.44. The fraction of sp³-hybridized carbons (Fsp3) is 0.318. The minimum atomic E-state index is -0.466. The van der Waals surface area contributed by atoms with Gasteiger partial charge in [-0.25, -0.2) is 13.1 Å². The number of hydrogen-bond donors (Lipinski definition) is 1. The Morgan fingerprint density at radius 2 is 1.53 bits per heavy atom. The van der Waals surface area contributed by atoms with Crippen molar-refractivity contribution in [3.8, 4) is 0 Å². The van der Waals surface area contributed by atoms with Crippen molar-refractivity contribution in [2.75, 3.05) is 12.3 Å². The lowest BCUT2D eigenvalue weighted by atomic mass is 10.2. The van der Waals surface area contributed by atoms with Gasteiger partial charge in [0.2, 0.25) is 13.1 Å². The summed E-state index contributed by atoms with van der Waals surface area (Å²) >= 11 is 6.49. The first-order chi connectivity index (χ1) is 15.2. The highest BCUT2D eigenvalue weighted by molar-refractivity contribution is 9.10. The molecule has 0 saturated carbocycles. The number of benzene rings is 2. The standard InChI is InChI=1S/C8H5BrN2O2.C8H7BrN2.C4H8O2.C2H6/c1-10-5-6-2-3-7(11(12)13)4-8(6)9;1-11-5-6-2-3-7(10)4-8(6)9;1-3-6-4(2)5;1-2/h2-4H,5H2;2-4H,5,10H2;3H2,1-2H3;1-2H3. The third kappa shape index (κ3) is 14.1. The first-order valence-electron chi connectivity index (χ1n) is 9.42. The molecule has 2 rings (SSSR count). The molecule has 2 N–H and O–H groups in total. The maximum Gasteiger partial charge on any atom is 0.302 e. The van der Waals surface area contributed by atoms with Crippen LogP contribution in [-0.2, 0) is 22.6 Å². The van der Waals surface area contributed by atoms with Gasteiger partial charge in [-0.2, -0.15) is 0 Å². The van der Waals surface area contributed by atoms with Gasteiger partial charge in [-0.3, -0.25) is 14.9 Å². The Balaban J connectivity index is 0. The molecule has 0 unspecified atom stereocenters. The van der Waals surface area contributed by atoms with Crippen LogP contribution in [0.5, 0.6) is 0 Å². The number of esters is 1. The Morgan fingerprint density at radius 1 is 1.06 bits per heavy atom. The van der Waals surface area contributed by atoms with Crippen molar-refractivity contribution in [2.45, 2.75) is 40.8 Å². The van der Waals surface area contributed by atoms with Gasteiger partial charge in [0.05, 0.1) is 11.5 Å². The summed E-state index contributed by atoms with van der Waals surface area (Å²) in [7, 11) is 0. The van der Waals surface area contributed by atoms with Gasteiger partial charge in [-0.1, -0.05) is 29.8 Å². The smallest absolute Gasteiger partial charge is 0.302 e. The molecule has 0 saturated heterocycles. The maximum atomic E-state index is 10.3. The van der Waals surface area contributed by atoms with E-state index in [2.05, 4.69) is 46.3 Å². The van der Waals surface area contributed by atoms with Gasteiger partial charge in [0, 0.05) is 44.8 Å². The molecule has 0 heterocycles. The van der Waals surface area contributed by atoms with E-state index in [0.717, 1.165) is 15.6 Å². The third-order valence-corrected chi connectivity index (χ3v) is 4.65. The summed E-state index contributed by atoms with van der Waals surface area (Å²) in [4.78, 5) is 26.2. The van der Waals surface area contributed by atoms with Crippen molar-refractivity contribution >= 4 is 49.2 Å². The molecule has 0 radical (unpaired) electrons. The SMILES string of the molecule is CC.CCOC(C)=O.[C-]#[N+]Cc1ccc(N)cc1Br.[C-]#[N+]Cc1ccc([N+](=O)[O-])cc1Br. The highest BCUT2D eigenvalue weighted by atomic mass is 79.9. The number of carbonyl (C=O) groups is 1. The van der Waals surface area contributed by atoms with Crippen LogP contribution < -0.4 is 5.73 Å². The van der Waals surface area contributed by atoms with Crippen molar-refractivity contribution < 1.29 is 14.5 Å². The third-order valence-electron chi connectivity index (χ3n) is 3.17. The number of carbonyl (C=O) groups excluding carboxylic acids is 1. The number of anilines is 1. The van der Waals surface area contributed by atoms with E-state index in [9.17, 15) is 14.9 Å².